The molecule has 0 heterocycles. The second-order valence-electron chi connectivity index (χ2n) is 7.39. The fraction of sp³-hybridized carbons (Fsp3) is 0.292. The molecule has 3 N–H and O–H groups in total. The van der Waals surface area contributed by atoms with E-state index in [9.17, 15) is 14.7 Å². The summed E-state index contributed by atoms with van der Waals surface area (Å²) in [5, 5.41) is 17.4. The first kappa shape index (κ1) is 24.9. The smallest absolute Gasteiger partial charge is 0.262 e. The fourth-order valence-electron chi connectivity index (χ4n) is 2.97. The van der Waals surface area contributed by atoms with Gasteiger partial charge in [-0.05, 0) is 55.2 Å². The van der Waals surface area contributed by atoms with E-state index in [1.807, 2.05) is 20.8 Å². The Bertz CT molecular complexity index is 1000. The number of carbonyl (C=O) groups excluding carboxylic acids is 2. The molecule has 2 aromatic rings. The van der Waals surface area contributed by atoms with E-state index in [0.29, 0.717) is 40.5 Å². The lowest BCUT2D eigenvalue weighted by molar-refractivity contribution is -0.123. The summed E-state index contributed by atoms with van der Waals surface area (Å²) in [6.07, 6.45) is 3.57. The van der Waals surface area contributed by atoms with Crippen LogP contribution in [0.25, 0.3) is 0 Å². The van der Waals surface area contributed by atoms with Crippen LogP contribution in [0, 0.1) is 5.92 Å². The van der Waals surface area contributed by atoms with Crippen LogP contribution in [0.5, 0.6) is 11.5 Å². The Labute approximate surface area is 193 Å². The molecule has 170 valence electrons. The molecule has 0 saturated heterocycles. The van der Waals surface area contributed by atoms with Gasteiger partial charge in [-0.1, -0.05) is 37.6 Å². The van der Waals surface area contributed by atoms with E-state index in [0.717, 1.165) is 0 Å². The lowest BCUT2D eigenvalue weighted by atomic mass is 10.0. The highest BCUT2D eigenvalue weighted by atomic mass is 35.5. The van der Waals surface area contributed by atoms with Crippen molar-refractivity contribution in [3.8, 4) is 11.5 Å². The highest BCUT2D eigenvalue weighted by Gasteiger charge is 2.24. The van der Waals surface area contributed by atoms with Gasteiger partial charge in [0.25, 0.3) is 11.8 Å². The summed E-state index contributed by atoms with van der Waals surface area (Å²) in [7, 11) is 0. The minimum atomic E-state index is -0.797. The van der Waals surface area contributed by atoms with Crippen LogP contribution in [-0.4, -0.2) is 35.8 Å². The molecule has 7 nitrogen and oxygen atoms in total. The van der Waals surface area contributed by atoms with Crippen LogP contribution in [-0.2, 0) is 11.2 Å². The van der Waals surface area contributed by atoms with Crippen molar-refractivity contribution in [2.75, 3.05) is 6.61 Å². The van der Waals surface area contributed by atoms with Gasteiger partial charge in [-0.25, -0.2) is 5.43 Å². The van der Waals surface area contributed by atoms with E-state index in [2.05, 4.69) is 22.4 Å². The summed E-state index contributed by atoms with van der Waals surface area (Å²) in [4.78, 5) is 25.2. The van der Waals surface area contributed by atoms with E-state index < -0.39 is 17.9 Å². The summed E-state index contributed by atoms with van der Waals surface area (Å²) in [6, 6.07) is 9.05. The molecule has 2 amide bonds. The van der Waals surface area contributed by atoms with Crippen LogP contribution in [0.3, 0.4) is 0 Å². The molecule has 2 rings (SSSR count). The number of allylic oxidation sites excluding steroid dienone is 1. The first-order chi connectivity index (χ1) is 15.3. The van der Waals surface area contributed by atoms with Gasteiger partial charge in [0, 0.05) is 16.1 Å². The number of hydrogen-bond acceptors (Lipinski definition) is 5. The largest absolute Gasteiger partial charge is 0.504 e. The number of benzene rings is 2. The lowest BCUT2D eigenvalue weighted by Gasteiger charge is -2.20. The molecular weight excluding hydrogens is 430 g/mol. The van der Waals surface area contributed by atoms with Crippen molar-refractivity contribution in [3.63, 3.8) is 0 Å². The first-order valence-electron chi connectivity index (χ1n) is 10.3. The lowest BCUT2D eigenvalue weighted by Crippen LogP contribution is -2.48. The Morgan fingerprint density at radius 3 is 2.66 bits per heavy atom. The molecule has 0 aliphatic rings. The summed E-state index contributed by atoms with van der Waals surface area (Å²) in [5.74, 6) is -0.656. The maximum atomic E-state index is 12.7. The highest BCUT2D eigenvalue weighted by molar-refractivity contribution is 6.31. The van der Waals surface area contributed by atoms with Crippen molar-refractivity contribution in [1.29, 1.82) is 0 Å². The number of rotatable bonds is 10. The Kier molecular flexibility index (Phi) is 9.28. The average Bonchev–Trinajstić information content (AvgIpc) is 2.75. The molecule has 8 heteroatoms. The van der Waals surface area contributed by atoms with Gasteiger partial charge >= 0.3 is 0 Å². The van der Waals surface area contributed by atoms with Crippen molar-refractivity contribution in [1.82, 2.24) is 10.7 Å². The van der Waals surface area contributed by atoms with Gasteiger partial charge < -0.3 is 15.2 Å². The SMILES string of the molecule is C=CCc1cc(/C=N/NC(=O)C(NC(=O)c2cccc(Cl)c2)C(C)C)cc(OCC)c1O. The molecule has 0 bridgehead atoms. The van der Waals surface area contributed by atoms with Gasteiger partial charge in [0.15, 0.2) is 11.5 Å². The number of ether oxygens (including phenoxy) is 1. The van der Waals surface area contributed by atoms with E-state index >= 15 is 0 Å². The standard InChI is InChI=1S/C24H28ClN3O4/c1-5-8-17-11-16(12-20(22(17)29)32-6-2)14-26-28-24(31)21(15(3)4)27-23(30)18-9-7-10-19(25)13-18/h5,7,9-15,21,29H,1,6,8H2,2-4H3,(H,27,30)(H,28,31)/b26-14+. The topological polar surface area (TPSA) is 100 Å². The maximum absolute atomic E-state index is 12.7. The fourth-order valence-corrected chi connectivity index (χ4v) is 3.16. The van der Waals surface area contributed by atoms with Gasteiger partial charge in [-0.15, -0.1) is 6.58 Å². The number of hydrogen-bond donors (Lipinski definition) is 3. The normalized spacial score (nSPS) is 11.9. The predicted octanol–water partition coefficient (Wildman–Crippen LogP) is 4.08. The third kappa shape index (κ3) is 6.85. The van der Waals surface area contributed by atoms with Gasteiger partial charge in [0.05, 0.1) is 12.8 Å². The van der Waals surface area contributed by atoms with Crippen molar-refractivity contribution >= 4 is 29.6 Å². The monoisotopic (exact) mass is 457 g/mol. The average molecular weight is 458 g/mol. The number of aromatic hydroxyl groups is 1. The highest BCUT2D eigenvalue weighted by Crippen LogP contribution is 2.31. The summed E-state index contributed by atoms with van der Waals surface area (Å²) in [6.45, 7) is 9.54. The number of phenolic OH excluding ortho intramolecular Hbond substituents is 1. The zero-order chi connectivity index (χ0) is 23.7. The molecule has 1 unspecified atom stereocenters. The zero-order valence-electron chi connectivity index (χ0n) is 18.4. The minimum absolute atomic E-state index is 0.0523. The van der Waals surface area contributed by atoms with Crippen LogP contribution >= 0.6 is 11.6 Å². The number of amides is 2. The second-order valence-corrected chi connectivity index (χ2v) is 7.83. The van der Waals surface area contributed by atoms with Crippen LogP contribution in [0.15, 0.2) is 54.2 Å². The van der Waals surface area contributed by atoms with Crippen molar-refractivity contribution in [2.45, 2.75) is 33.2 Å². The Morgan fingerprint density at radius 1 is 1.28 bits per heavy atom. The minimum Gasteiger partial charge on any atom is -0.504 e. The third-order valence-corrected chi connectivity index (χ3v) is 4.79. The molecule has 0 aromatic heterocycles. The number of hydrazone groups is 1. The second kappa shape index (κ2) is 11.9. The third-order valence-electron chi connectivity index (χ3n) is 4.55. The summed E-state index contributed by atoms with van der Waals surface area (Å²) in [5.41, 5.74) is 4.09. The van der Waals surface area contributed by atoms with E-state index in [1.165, 1.54) is 12.3 Å². The van der Waals surface area contributed by atoms with Crippen LogP contribution in [0.4, 0.5) is 0 Å². The van der Waals surface area contributed by atoms with Crippen LogP contribution < -0.4 is 15.5 Å². The molecule has 0 fully saturated rings. The molecule has 1 atom stereocenters. The Morgan fingerprint density at radius 2 is 2.03 bits per heavy atom. The Balaban J connectivity index is 2.12. The molecule has 0 aliphatic heterocycles. The van der Waals surface area contributed by atoms with E-state index in [4.69, 9.17) is 16.3 Å². The first-order valence-corrected chi connectivity index (χ1v) is 10.6. The van der Waals surface area contributed by atoms with Crippen LogP contribution in [0.1, 0.15) is 42.3 Å². The number of nitrogens with one attached hydrogen (secondary N) is 2. The number of nitrogens with zero attached hydrogens (tertiary/aromatic N) is 1. The zero-order valence-corrected chi connectivity index (χ0v) is 19.1. The molecule has 0 radical (unpaired) electrons. The maximum Gasteiger partial charge on any atom is 0.262 e. The van der Waals surface area contributed by atoms with Gasteiger partial charge in [0.2, 0.25) is 0 Å². The molecule has 0 aliphatic carbocycles. The molecular formula is C24H28ClN3O4. The number of halogens is 1. The number of phenols is 1. The van der Waals surface area contributed by atoms with Gasteiger partial charge in [-0.3, -0.25) is 9.59 Å². The van der Waals surface area contributed by atoms with Crippen molar-refractivity contribution in [3.05, 3.63) is 70.8 Å². The summed E-state index contributed by atoms with van der Waals surface area (Å²) >= 11 is 5.94. The van der Waals surface area contributed by atoms with Crippen LogP contribution in [0.2, 0.25) is 5.02 Å². The van der Waals surface area contributed by atoms with Crippen molar-refractivity contribution in [2.24, 2.45) is 11.0 Å². The van der Waals surface area contributed by atoms with Crippen molar-refractivity contribution < 1.29 is 19.4 Å². The molecule has 0 saturated carbocycles. The molecule has 32 heavy (non-hydrogen) atoms. The quantitative estimate of drug-likeness (QED) is 0.284. The Hall–Kier alpha value is -3.32. The van der Waals surface area contributed by atoms with Gasteiger partial charge in [0.1, 0.15) is 6.04 Å². The predicted molar refractivity (Wildman–Crippen MR) is 126 cm³/mol. The summed E-state index contributed by atoms with van der Waals surface area (Å²) < 4.78 is 5.47. The molecule has 0 spiro atoms. The number of carbonyl (C=O) groups is 2. The van der Waals surface area contributed by atoms with Gasteiger partial charge in [-0.2, -0.15) is 5.10 Å². The molecule has 2 aromatic carbocycles. The van der Waals surface area contributed by atoms with E-state index in [-0.39, 0.29) is 11.7 Å². The van der Waals surface area contributed by atoms with E-state index in [1.54, 1.807) is 36.4 Å².